The Hall–Kier alpha value is -1.35. The molecule has 2 fully saturated rings. The highest BCUT2D eigenvalue weighted by atomic mass is 127. The van der Waals surface area contributed by atoms with Gasteiger partial charge in [-0.2, -0.15) is 0 Å². The molecule has 1 aromatic carbocycles. The smallest absolute Gasteiger partial charge is 0.222 e. The van der Waals surface area contributed by atoms with Gasteiger partial charge in [-0.1, -0.05) is 36.8 Å². The fourth-order valence-electron chi connectivity index (χ4n) is 4.34. The first-order valence-corrected chi connectivity index (χ1v) is 11.7. The van der Waals surface area contributed by atoms with Gasteiger partial charge in [0.25, 0.3) is 0 Å². The van der Waals surface area contributed by atoms with E-state index in [1.165, 1.54) is 24.0 Å². The lowest BCUT2D eigenvalue weighted by Gasteiger charge is -2.31. The molecule has 2 aliphatic heterocycles. The van der Waals surface area contributed by atoms with Crippen LogP contribution in [0.3, 0.4) is 0 Å². The molecule has 2 saturated heterocycles. The van der Waals surface area contributed by atoms with E-state index in [-0.39, 0.29) is 29.9 Å². The van der Waals surface area contributed by atoms with Crippen LogP contribution in [0.1, 0.15) is 50.7 Å². The normalized spacial score (nSPS) is 20.4. The number of guanidine groups is 1. The number of benzene rings is 1. The summed E-state index contributed by atoms with van der Waals surface area (Å²) < 4.78 is 0. The third kappa shape index (κ3) is 8.25. The first-order chi connectivity index (χ1) is 14.6. The van der Waals surface area contributed by atoms with Gasteiger partial charge in [-0.25, -0.2) is 0 Å². The molecule has 1 atom stereocenters. The van der Waals surface area contributed by atoms with Gasteiger partial charge in [0.15, 0.2) is 5.96 Å². The quantitative estimate of drug-likeness (QED) is 0.316. The summed E-state index contributed by atoms with van der Waals surface area (Å²) in [5.41, 5.74) is 2.73. The zero-order chi connectivity index (χ0) is 21.3. The number of hydrogen-bond donors (Lipinski definition) is 2. The molecule has 1 amide bonds. The van der Waals surface area contributed by atoms with E-state index < -0.39 is 0 Å². The fourth-order valence-corrected chi connectivity index (χ4v) is 4.34. The van der Waals surface area contributed by atoms with E-state index in [9.17, 15) is 4.79 Å². The first-order valence-electron chi connectivity index (χ1n) is 11.7. The second-order valence-electron chi connectivity index (χ2n) is 8.75. The third-order valence-electron chi connectivity index (χ3n) is 6.27. The van der Waals surface area contributed by atoms with Crippen molar-refractivity contribution < 1.29 is 4.79 Å². The van der Waals surface area contributed by atoms with Crippen LogP contribution in [0.2, 0.25) is 0 Å². The average Bonchev–Trinajstić information content (AvgIpc) is 3.23. The van der Waals surface area contributed by atoms with E-state index in [0.717, 1.165) is 58.2 Å². The monoisotopic (exact) mass is 541 g/mol. The Labute approximate surface area is 205 Å². The summed E-state index contributed by atoms with van der Waals surface area (Å²) in [5, 5.41) is 6.92. The van der Waals surface area contributed by atoms with Crippen molar-refractivity contribution in [2.24, 2.45) is 10.9 Å². The molecule has 2 aliphatic rings. The van der Waals surface area contributed by atoms with Crippen molar-refractivity contribution in [3.63, 3.8) is 0 Å². The van der Waals surface area contributed by atoms with Crippen molar-refractivity contribution in [2.75, 3.05) is 39.3 Å². The Bertz CT molecular complexity index is 700. The molecule has 0 aromatic heterocycles. The van der Waals surface area contributed by atoms with Crippen LogP contribution in [0.15, 0.2) is 29.3 Å². The van der Waals surface area contributed by atoms with Crippen molar-refractivity contribution in [3.05, 3.63) is 35.4 Å². The summed E-state index contributed by atoms with van der Waals surface area (Å²) in [7, 11) is 0. The molecule has 1 aromatic rings. The molecule has 2 N–H and O–H groups in total. The maximum Gasteiger partial charge on any atom is 0.222 e. The highest BCUT2D eigenvalue weighted by Crippen LogP contribution is 2.19. The Morgan fingerprint density at radius 3 is 2.45 bits per heavy atom. The van der Waals surface area contributed by atoms with E-state index in [4.69, 9.17) is 4.99 Å². The van der Waals surface area contributed by atoms with Crippen molar-refractivity contribution in [1.29, 1.82) is 0 Å². The second-order valence-corrected chi connectivity index (χ2v) is 8.75. The highest BCUT2D eigenvalue weighted by Gasteiger charge is 2.26. The van der Waals surface area contributed by atoms with E-state index in [2.05, 4.69) is 53.6 Å². The third-order valence-corrected chi connectivity index (χ3v) is 6.27. The molecular weight excluding hydrogens is 501 g/mol. The first kappa shape index (κ1) is 25.9. The SMILES string of the molecule is CCNC(=NCC1CCN(Cc2ccc(C)cc2)CC1)NC1CCN(C(=O)CC)C1.I. The van der Waals surface area contributed by atoms with Gasteiger partial charge in [-0.15, -0.1) is 24.0 Å². The predicted molar refractivity (Wildman–Crippen MR) is 139 cm³/mol. The molecule has 7 heteroatoms. The minimum Gasteiger partial charge on any atom is -0.357 e. The van der Waals surface area contributed by atoms with Crippen LogP contribution in [-0.4, -0.2) is 67.0 Å². The molecule has 0 bridgehead atoms. The van der Waals surface area contributed by atoms with Crippen molar-refractivity contribution in [1.82, 2.24) is 20.4 Å². The van der Waals surface area contributed by atoms with Gasteiger partial charge in [0.2, 0.25) is 5.91 Å². The number of carbonyl (C=O) groups is 1. The molecule has 0 spiro atoms. The topological polar surface area (TPSA) is 60.0 Å². The van der Waals surface area contributed by atoms with Crippen LogP contribution in [0, 0.1) is 12.8 Å². The number of nitrogens with one attached hydrogen (secondary N) is 2. The van der Waals surface area contributed by atoms with Crippen molar-refractivity contribution in [3.8, 4) is 0 Å². The predicted octanol–water partition coefficient (Wildman–Crippen LogP) is 3.39. The fraction of sp³-hybridized carbons (Fsp3) is 0.667. The number of likely N-dealkylation sites (tertiary alicyclic amines) is 2. The average molecular weight is 542 g/mol. The van der Waals surface area contributed by atoms with Crippen molar-refractivity contribution in [2.45, 2.75) is 59.0 Å². The zero-order valence-electron chi connectivity index (χ0n) is 19.4. The lowest BCUT2D eigenvalue weighted by molar-refractivity contribution is -0.129. The van der Waals surface area contributed by atoms with Crippen LogP contribution < -0.4 is 10.6 Å². The van der Waals surface area contributed by atoms with E-state index >= 15 is 0 Å². The van der Waals surface area contributed by atoms with E-state index in [1.807, 2.05) is 11.8 Å². The molecule has 174 valence electrons. The Kier molecular flexibility index (Phi) is 11.1. The van der Waals surface area contributed by atoms with Gasteiger partial charge in [0.1, 0.15) is 0 Å². The van der Waals surface area contributed by atoms with Crippen LogP contribution in [-0.2, 0) is 11.3 Å². The minimum absolute atomic E-state index is 0. The molecule has 1 unspecified atom stereocenters. The summed E-state index contributed by atoms with van der Waals surface area (Å²) >= 11 is 0. The summed E-state index contributed by atoms with van der Waals surface area (Å²) in [6.45, 7) is 12.9. The lowest BCUT2D eigenvalue weighted by Crippen LogP contribution is -2.45. The maximum absolute atomic E-state index is 11.9. The number of rotatable bonds is 7. The number of amides is 1. The largest absolute Gasteiger partial charge is 0.357 e. The molecule has 0 aliphatic carbocycles. The Balaban J connectivity index is 0.00000341. The number of aryl methyl sites for hydroxylation is 1. The number of halogens is 1. The van der Waals surface area contributed by atoms with Gasteiger partial charge >= 0.3 is 0 Å². The molecule has 6 nitrogen and oxygen atoms in total. The zero-order valence-corrected chi connectivity index (χ0v) is 21.7. The van der Waals surface area contributed by atoms with Crippen molar-refractivity contribution >= 4 is 35.8 Å². The molecule has 3 rings (SSSR count). The number of piperidine rings is 1. The summed E-state index contributed by atoms with van der Waals surface area (Å²) in [6.07, 6.45) is 3.99. The maximum atomic E-state index is 11.9. The van der Waals surface area contributed by atoms with Crippen LogP contribution >= 0.6 is 24.0 Å². The van der Waals surface area contributed by atoms with Gasteiger partial charge in [0, 0.05) is 45.2 Å². The molecule has 0 radical (unpaired) electrons. The number of aliphatic imine (C=N–C) groups is 1. The summed E-state index contributed by atoms with van der Waals surface area (Å²) in [5.74, 6) is 1.80. The van der Waals surface area contributed by atoms with Crippen LogP contribution in [0.25, 0.3) is 0 Å². The minimum atomic E-state index is 0. The van der Waals surface area contributed by atoms with Gasteiger partial charge in [-0.3, -0.25) is 14.7 Å². The summed E-state index contributed by atoms with van der Waals surface area (Å²) in [6, 6.07) is 9.20. The second kappa shape index (κ2) is 13.3. The van der Waals surface area contributed by atoms with Gasteiger partial charge in [-0.05, 0) is 57.7 Å². The summed E-state index contributed by atoms with van der Waals surface area (Å²) in [4.78, 5) is 21.3. The number of nitrogens with zero attached hydrogens (tertiary/aromatic N) is 3. The Morgan fingerprint density at radius 2 is 1.81 bits per heavy atom. The number of carbonyl (C=O) groups excluding carboxylic acids is 1. The molecule has 31 heavy (non-hydrogen) atoms. The molecular formula is C24H40IN5O. The Morgan fingerprint density at radius 1 is 1.10 bits per heavy atom. The number of hydrogen-bond acceptors (Lipinski definition) is 3. The van der Waals surface area contributed by atoms with Crippen LogP contribution in [0.5, 0.6) is 0 Å². The highest BCUT2D eigenvalue weighted by molar-refractivity contribution is 14.0. The standard InChI is InChI=1S/C24H39N5O.HI/c1-4-23(30)29-15-12-22(18-29)27-24(25-5-2)26-16-20-10-13-28(14-11-20)17-21-8-6-19(3)7-9-21;/h6-9,20,22H,4-5,10-18H2,1-3H3,(H2,25,26,27);1H. The van der Waals surface area contributed by atoms with E-state index in [1.54, 1.807) is 0 Å². The van der Waals surface area contributed by atoms with Crippen LogP contribution in [0.4, 0.5) is 0 Å². The molecule has 0 saturated carbocycles. The van der Waals surface area contributed by atoms with E-state index in [0.29, 0.717) is 18.4 Å². The van der Waals surface area contributed by atoms with Gasteiger partial charge in [0.05, 0.1) is 0 Å². The molecule has 2 heterocycles. The van der Waals surface area contributed by atoms with Gasteiger partial charge < -0.3 is 15.5 Å². The lowest BCUT2D eigenvalue weighted by atomic mass is 9.96.